The number of unbranched alkanes of at least 4 members (excludes halogenated alkanes) is 3. The Bertz CT molecular complexity index is 1590. The fraction of sp³-hybridized carbons (Fsp3) is 0.389. The molecule has 1 aromatic heterocycles. The SMILES string of the molecule is Cn1cnnc1SC[C@H]1C[C@@H](c2ccc(CO)cc2)O[C@@H](c2ccc(-c3cccc(CNC(=O)CCCCCCC(=O)O)c3)cc2)O1. The zero-order valence-electron chi connectivity index (χ0n) is 26.6. The molecule has 3 aromatic carbocycles. The Hall–Kier alpha value is -4.03. The predicted molar refractivity (Wildman–Crippen MR) is 179 cm³/mol. The molecule has 47 heavy (non-hydrogen) atoms. The van der Waals surface area contributed by atoms with Gasteiger partial charge in [-0.1, -0.05) is 91.3 Å². The third-order valence-corrected chi connectivity index (χ3v) is 9.33. The van der Waals surface area contributed by atoms with Gasteiger partial charge in [-0.15, -0.1) is 10.2 Å². The zero-order chi connectivity index (χ0) is 33.0. The van der Waals surface area contributed by atoms with Crippen LogP contribution in [0.1, 0.15) is 79.6 Å². The maximum absolute atomic E-state index is 12.3. The molecule has 0 saturated carbocycles. The van der Waals surface area contributed by atoms with Crippen LogP contribution in [0.2, 0.25) is 0 Å². The molecule has 3 N–H and O–H groups in total. The molecule has 10 nitrogen and oxygen atoms in total. The summed E-state index contributed by atoms with van der Waals surface area (Å²) in [4.78, 5) is 22.9. The molecule has 5 rings (SSSR count). The highest BCUT2D eigenvalue weighted by Gasteiger charge is 2.32. The van der Waals surface area contributed by atoms with E-state index in [0.717, 1.165) is 57.8 Å². The first-order valence-corrected chi connectivity index (χ1v) is 17.0. The lowest BCUT2D eigenvalue weighted by Crippen LogP contribution is -2.31. The quantitative estimate of drug-likeness (QED) is 0.0929. The first-order valence-electron chi connectivity index (χ1n) is 16.0. The summed E-state index contributed by atoms with van der Waals surface area (Å²) in [5, 5.41) is 30.2. The van der Waals surface area contributed by atoms with Crippen LogP contribution < -0.4 is 5.32 Å². The number of nitrogens with one attached hydrogen (secondary N) is 1. The molecule has 1 saturated heterocycles. The summed E-state index contributed by atoms with van der Waals surface area (Å²) >= 11 is 1.61. The van der Waals surface area contributed by atoms with Gasteiger partial charge in [0.25, 0.3) is 0 Å². The maximum atomic E-state index is 12.3. The van der Waals surface area contributed by atoms with Crippen LogP contribution in [0.5, 0.6) is 0 Å². The number of carbonyl (C=O) groups is 2. The van der Waals surface area contributed by atoms with Gasteiger partial charge in [-0.3, -0.25) is 9.59 Å². The van der Waals surface area contributed by atoms with E-state index in [1.165, 1.54) is 0 Å². The Labute approximate surface area is 279 Å². The van der Waals surface area contributed by atoms with Gasteiger partial charge in [0.2, 0.25) is 5.91 Å². The van der Waals surface area contributed by atoms with E-state index in [-0.39, 0.29) is 31.1 Å². The number of aryl methyl sites for hydroxylation is 1. The number of ether oxygens (including phenoxy) is 2. The summed E-state index contributed by atoms with van der Waals surface area (Å²) in [6, 6.07) is 24.2. The molecule has 1 fully saturated rings. The number of hydrogen-bond donors (Lipinski definition) is 3. The molecule has 0 unspecified atom stereocenters. The van der Waals surface area contributed by atoms with E-state index in [4.69, 9.17) is 14.6 Å². The Morgan fingerprint density at radius 2 is 1.66 bits per heavy atom. The number of thioether (sulfide) groups is 1. The average Bonchev–Trinajstić information content (AvgIpc) is 3.52. The van der Waals surface area contributed by atoms with Crippen molar-refractivity contribution in [2.24, 2.45) is 7.05 Å². The van der Waals surface area contributed by atoms with E-state index in [0.29, 0.717) is 31.6 Å². The number of rotatable bonds is 16. The standard InChI is InChI=1S/C36H42N4O6S/c1-40-24-38-39-36(40)47-23-31-20-32(28-13-11-25(22-41)12-14-28)46-35(45-31)29-17-15-27(16-18-29)30-8-6-7-26(19-30)21-37-33(42)9-4-2-3-5-10-34(43)44/h6-8,11-19,24,31-32,35,41H,2-5,9-10,20-23H2,1H3,(H,37,42)(H,43,44)/t31-,32+,35+/m1/s1. The second-order valence-electron chi connectivity index (χ2n) is 11.8. The topological polar surface area (TPSA) is 136 Å². The van der Waals surface area contributed by atoms with E-state index in [1.807, 2.05) is 60.1 Å². The Morgan fingerprint density at radius 1 is 0.915 bits per heavy atom. The molecule has 248 valence electrons. The summed E-state index contributed by atoms with van der Waals surface area (Å²) in [5.74, 6) is -0.0734. The van der Waals surface area contributed by atoms with Gasteiger partial charge in [-0.05, 0) is 46.7 Å². The fourth-order valence-corrected chi connectivity index (χ4v) is 6.40. The van der Waals surface area contributed by atoms with E-state index in [1.54, 1.807) is 18.1 Å². The number of aromatic nitrogens is 3. The second kappa shape index (κ2) is 17.2. The van der Waals surface area contributed by atoms with Crippen LogP contribution in [-0.2, 0) is 39.3 Å². The van der Waals surface area contributed by atoms with E-state index >= 15 is 0 Å². The molecule has 0 radical (unpaired) electrons. The smallest absolute Gasteiger partial charge is 0.303 e. The van der Waals surface area contributed by atoms with Crippen LogP contribution in [0.25, 0.3) is 11.1 Å². The van der Waals surface area contributed by atoms with Gasteiger partial charge < -0.3 is 29.6 Å². The minimum absolute atomic E-state index is 0.00130. The van der Waals surface area contributed by atoms with Crippen molar-refractivity contribution in [1.82, 2.24) is 20.1 Å². The van der Waals surface area contributed by atoms with Crippen molar-refractivity contribution < 1.29 is 29.3 Å². The normalized spacial score (nSPS) is 17.8. The highest BCUT2D eigenvalue weighted by molar-refractivity contribution is 7.99. The lowest BCUT2D eigenvalue weighted by Gasteiger charge is -2.36. The van der Waals surface area contributed by atoms with E-state index in [2.05, 4.69) is 39.8 Å². The van der Waals surface area contributed by atoms with Crippen molar-refractivity contribution in [1.29, 1.82) is 0 Å². The highest BCUT2D eigenvalue weighted by atomic mass is 32.2. The van der Waals surface area contributed by atoms with Gasteiger partial charge in [-0.2, -0.15) is 0 Å². The number of hydrogen-bond acceptors (Lipinski definition) is 8. The molecule has 3 atom stereocenters. The third-order valence-electron chi connectivity index (χ3n) is 8.16. The number of carboxylic acids is 1. The van der Waals surface area contributed by atoms with Crippen molar-refractivity contribution in [2.45, 2.75) is 81.8 Å². The highest BCUT2D eigenvalue weighted by Crippen LogP contribution is 2.39. The fourth-order valence-electron chi connectivity index (χ4n) is 5.49. The predicted octanol–water partition coefficient (Wildman–Crippen LogP) is 6.35. The summed E-state index contributed by atoms with van der Waals surface area (Å²) < 4.78 is 14.9. The third kappa shape index (κ3) is 10.2. The monoisotopic (exact) mass is 658 g/mol. The number of aliphatic hydroxyl groups excluding tert-OH is 1. The molecule has 0 bridgehead atoms. The van der Waals surface area contributed by atoms with Gasteiger partial charge in [0, 0.05) is 44.2 Å². The van der Waals surface area contributed by atoms with Gasteiger partial charge in [-0.25, -0.2) is 0 Å². The minimum atomic E-state index is -0.775. The summed E-state index contributed by atoms with van der Waals surface area (Å²) in [5.41, 5.74) is 5.93. The Kier molecular flexibility index (Phi) is 12.6. The molecule has 1 amide bonds. The van der Waals surface area contributed by atoms with Crippen LogP contribution >= 0.6 is 11.8 Å². The molecule has 1 aliphatic rings. The molecule has 2 heterocycles. The first kappa shape index (κ1) is 34.3. The van der Waals surface area contributed by atoms with Crippen LogP contribution in [0.15, 0.2) is 84.3 Å². The van der Waals surface area contributed by atoms with Crippen molar-refractivity contribution in [2.75, 3.05) is 5.75 Å². The van der Waals surface area contributed by atoms with Crippen LogP contribution in [0, 0.1) is 0 Å². The van der Waals surface area contributed by atoms with Crippen molar-refractivity contribution in [3.63, 3.8) is 0 Å². The van der Waals surface area contributed by atoms with Crippen molar-refractivity contribution in [3.05, 3.63) is 101 Å². The average molecular weight is 659 g/mol. The van der Waals surface area contributed by atoms with Gasteiger partial charge in [0.1, 0.15) is 6.33 Å². The Morgan fingerprint density at radius 3 is 2.36 bits per heavy atom. The van der Waals surface area contributed by atoms with E-state index < -0.39 is 12.3 Å². The molecular formula is C36H42N4O6S. The van der Waals surface area contributed by atoms with Crippen molar-refractivity contribution in [3.8, 4) is 11.1 Å². The van der Waals surface area contributed by atoms with E-state index in [9.17, 15) is 14.7 Å². The summed E-state index contributed by atoms with van der Waals surface area (Å²) in [6.07, 6.45) is 5.27. The number of benzene rings is 3. The number of aliphatic carboxylic acids is 1. The van der Waals surface area contributed by atoms with Gasteiger partial charge >= 0.3 is 5.97 Å². The van der Waals surface area contributed by atoms with Crippen LogP contribution in [0.4, 0.5) is 0 Å². The van der Waals surface area contributed by atoms with Crippen molar-refractivity contribution >= 4 is 23.6 Å². The molecule has 4 aromatic rings. The number of aliphatic hydroxyl groups is 1. The first-order chi connectivity index (χ1) is 22.9. The summed E-state index contributed by atoms with van der Waals surface area (Å²) in [7, 11) is 1.92. The van der Waals surface area contributed by atoms with Crippen LogP contribution in [-0.4, -0.2) is 48.7 Å². The molecule has 11 heteroatoms. The second-order valence-corrected chi connectivity index (χ2v) is 12.8. The molecule has 0 aliphatic carbocycles. The zero-order valence-corrected chi connectivity index (χ0v) is 27.4. The number of carbonyl (C=O) groups excluding carboxylic acids is 1. The Balaban J connectivity index is 1.20. The number of amides is 1. The molecular weight excluding hydrogens is 616 g/mol. The number of nitrogens with zero attached hydrogens (tertiary/aromatic N) is 3. The summed E-state index contributed by atoms with van der Waals surface area (Å²) in [6.45, 7) is 0.444. The van der Waals surface area contributed by atoms with Gasteiger partial charge in [0.15, 0.2) is 11.4 Å². The minimum Gasteiger partial charge on any atom is -0.481 e. The largest absolute Gasteiger partial charge is 0.481 e. The molecule has 1 aliphatic heterocycles. The number of carboxylic acid groups (broad SMARTS) is 1. The van der Waals surface area contributed by atoms with Gasteiger partial charge in [0.05, 0.1) is 18.8 Å². The molecule has 0 spiro atoms. The lowest BCUT2D eigenvalue weighted by atomic mass is 9.99. The lowest BCUT2D eigenvalue weighted by molar-refractivity contribution is -0.245. The van der Waals surface area contributed by atoms with Crippen LogP contribution in [0.3, 0.4) is 0 Å². The maximum Gasteiger partial charge on any atom is 0.303 e.